The van der Waals surface area contributed by atoms with E-state index >= 15 is 0 Å². The molecule has 1 saturated heterocycles. The Bertz CT molecular complexity index is 913. The Morgan fingerprint density at radius 1 is 1.27 bits per heavy atom. The van der Waals surface area contributed by atoms with E-state index in [1.807, 2.05) is 42.2 Å². The number of hydrogen-bond donors (Lipinski definition) is 1. The van der Waals surface area contributed by atoms with Crippen LogP contribution >= 0.6 is 11.3 Å². The van der Waals surface area contributed by atoms with Crippen molar-refractivity contribution in [3.63, 3.8) is 0 Å². The fraction of sp³-hybridized carbons (Fsp3) is 0.520. The van der Waals surface area contributed by atoms with Gasteiger partial charge in [-0.15, -0.1) is 11.3 Å². The number of benzene rings is 1. The summed E-state index contributed by atoms with van der Waals surface area (Å²) < 4.78 is 11.8. The van der Waals surface area contributed by atoms with Crippen LogP contribution in [-0.2, 0) is 16.0 Å². The van der Waals surface area contributed by atoms with Crippen LogP contribution in [0.5, 0.6) is 5.75 Å². The lowest BCUT2D eigenvalue weighted by molar-refractivity contribution is -0.135. The van der Waals surface area contributed by atoms with Crippen LogP contribution in [0.15, 0.2) is 41.8 Å². The summed E-state index contributed by atoms with van der Waals surface area (Å²) in [4.78, 5) is 31.2. The topological polar surface area (TPSA) is 71.1 Å². The first kappa shape index (κ1) is 23.6. The Morgan fingerprint density at radius 3 is 2.88 bits per heavy atom. The van der Waals surface area contributed by atoms with Crippen LogP contribution in [0.3, 0.4) is 0 Å². The summed E-state index contributed by atoms with van der Waals surface area (Å²) in [6.07, 6.45) is 3.58. The van der Waals surface area contributed by atoms with Gasteiger partial charge in [0.15, 0.2) is 0 Å². The summed E-state index contributed by atoms with van der Waals surface area (Å²) in [6.45, 7) is 4.80. The van der Waals surface area contributed by atoms with Gasteiger partial charge in [-0.3, -0.25) is 4.79 Å². The van der Waals surface area contributed by atoms with Gasteiger partial charge in [0.2, 0.25) is 5.91 Å². The van der Waals surface area contributed by atoms with Crippen LogP contribution in [0, 0.1) is 0 Å². The van der Waals surface area contributed by atoms with Crippen LogP contribution < -0.4 is 10.1 Å². The molecule has 1 N–H and O–H groups in total. The zero-order valence-corrected chi connectivity index (χ0v) is 20.0. The second kappa shape index (κ2) is 11.5. The van der Waals surface area contributed by atoms with Crippen LogP contribution in [0.4, 0.5) is 4.79 Å². The largest absolute Gasteiger partial charge is 0.491 e. The molecule has 0 aliphatic carbocycles. The number of carbonyl (C=O) groups excluding carboxylic acids is 2. The Morgan fingerprint density at radius 2 is 2.12 bits per heavy atom. The summed E-state index contributed by atoms with van der Waals surface area (Å²) in [5.41, 5.74) is 1.15. The number of amides is 3. The summed E-state index contributed by atoms with van der Waals surface area (Å²) in [5, 5.41) is 5.00. The molecule has 2 aliphatic rings. The number of carbonyl (C=O) groups is 2. The third-order valence-electron chi connectivity index (χ3n) is 6.15. The summed E-state index contributed by atoms with van der Waals surface area (Å²) in [5.74, 6) is 0.726. The average Bonchev–Trinajstić information content (AvgIpc) is 3.53. The van der Waals surface area contributed by atoms with Gasteiger partial charge in [0, 0.05) is 31.1 Å². The SMILES string of the molecule is CCCNC(=O)N(CC(=O)N1CCc2sccc2[C@H]1COc1ccccc1)C[C@H]1CCCO1. The molecule has 7 nitrogen and oxygen atoms in total. The molecule has 1 aromatic carbocycles. The van der Waals surface area contributed by atoms with Crippen molar-refractivity contribution in [2.45, 2.75) is 44.8 Å². The lowest BCUT2D eigenvalue weighted by atomic mass is 10.0. The third kappa shape index (κ3) is 6.06. The van der Waals surface area contributed by atoms with Gasteiger partial charge in [-0.05, 0) is 54.8 Å². The molecule has 0 bridgehead atoms. The molecule has 3 heterocycles. The molecule has 1 fully saturated rings. The smallest absolute Gasteiger partial charge is 0.317 e. The first-order valence-electron chi connectivity index (χ1n) is 11.8. The van der Waals surface area contributed by atoms with Crippen molar-refractivity contribution in [3.05, 3.63) is 52.2 Å². The van der Waals surface area contributed by atoms with Crippen LogP contribution in [0.25, 0.3) is 0 Å². The Hall–Kier alpha value is -2.58. The molecule has 0 unspecified atom stereocenters. The van der Waals surface area contributed by atoms with E-state index in [-0.39, 0.29) is 30.6 Å². The van der Waals surface area contributed by atoms with Crippen molar-refractivity contribution >= 4 is 23.3 Å². The standard InChI is InChI=1S/C25H33N3O4S/c1-2-12-26-25(30)27(16-20-9-6-14-31-20)17-24(29)28-13-10-23-21(11-15-33-23)22(28)18-32-19-7-4-3-5-8-19/h3-5,7-8,11,15,20,22H,2,6,9-10,12-14,16-18H2,1H3,(H,26,30)/t20-,22-/m1/s1. The lowest BCUT2D eigenvalue weighted by Gasteiger charge is -2.37. The molecule has 2 aliphatic heterocycles. The van der Waals surface area contributed by atoms with E-state index in [1.54, 1.807) is 16.2 Å². The fourth-order valence-corrected chi connectivity index (χ4v) is 5.35. The monoisotopic (exact) mass is 471 g/mol. The Kier molecular flexibility index (Phi) is 8.23. The first-order valence-corrected chi connectivity index (χ1v) is 12.7. The molecule has 2 atom stereocenters. The maximum Gasteiger partial charge on any atom is 0.317 e. The quantitative estimate of drug-likeness (QED) is 0.603. The van der Waals surface area contributed by atoms with Crippen LogP contribution in [-0.4, -0.2) is 67.2 Å². The number of urea groups is 1. The summed E-state index contributed by atoms with van der Waals surface area (Å²) in [7, 11) is 0. The van der Waals surface area contributed by atoms with Gasteiger partial charge in [0.25, 0.3) is 0 Å². The van der Waals surface area contributed by atoms with E-state index in [4.69, 9.17) is 9.47 Å². The third-order valence-corrected chi connectivity index (χ3v) is 7.15. The number of nitrogens with one attached hydrogen (secondary N) is 1. The highest BCUT2D eigenvalue weighted by Gasteiger charge is 2.34. The van der Waals surface area contributed by atoms with Gasteiger partial charge in [-0.1, -0.05) is 25.1 Å². The molecule has 8 heteroatoms. The predicted octanol–water partition coefficient (Wildman–Crippen LogP) is 3.85. The van der Waals surface area contributed by atoms with Crippen molar-refractivity contribution < 1.29 is 19.1 Å². The number of thiophene rings is 1. The number of ether oxygens (including phenoxy) is 2. The van der Waals surface area contributed by atoms with E-state index in [2.05, 4.69) is 16.8 Å². The van der Waals surface area contributed by atoms with Crippen molar-refractivity contribution in [1.29, 1.82) is 0 Å². The molecule has 0 spiro atoms. The van der Waals surface area contributed by atoms with E-state index in [1.165, 1.54) is 4.88 Å². The van der Waals surface area contributed by atoms with Gasteiger partial charge >= 0.3 is 6.03 Å². The molecule has 4 rings (SSSR count). The number of fused-ring (bicyclic) bond motifs is 1. The molecule has 0 radical (unpaired) electrons. The summed E-state index contributed by atoms with van der Waals surface area (Å²) >= 11 is 1.73. The normalized spacial score (nSPS) is 19.7. The highest BCUT2D eigenvalue weighted by molar-refractivity contribution is 7.10. The lowest BCUT2D eigenvalue weighted by Crippen LogP contribution is -2.51. The molecule has 3 amide bonds. The van der Waals surface area contributed by atoms with Crippen LogP contribution in [0.2, 0.25) is 0 Å². The molecule has 33 heavy (non-hydrogen) atoms. The van der Waals surface area contributed by atoms with Crippen molar-refractivity contribution in [3.8, 4) is 5.75 Å². The average molecular weight is 472 g/mol. The fourth-order valence-electron chi connectivity index (χ4n) is 4.42. The van der Waals surface area contributed by atoms with Crippen molar-refractivity contribution in [2.75, 3.05) is 39.4 Å². The zero-order valence-electron chi connectivity index (χ0n) is 19.2. The number of para-hydroxylation sites is 1. The minimum absolute atomic E-state index is 0.00720. The van der Waals surface area contributed by atoms with E-state index in [0.29, 0.717) is 26.2 Å². The van der Waals surface area contributed by atoms with Crippen molar-refractivity contribution in [1.82, 2.24) is 15.1 Å². The molecule has 0 saturated carbocycles. The Labute approximate surface area is 199 Å². The van der Waals surface area contributed by atoms with E-state index in [0.717, 1.165) is 43.6 Å². The van der Waals surface area contributed by atoms with Gasteiger partial charge < -0.3 is 24.6 Å². The predicted molar refractivity (Wildman–Crippen MR) is 129 cm³/mol. The Balaban J connectivity index is 1.47. The number of nitrogens with zero attached hydrogens (tertiary/aromatic N) is 2. The van der Waals surface area contributed by atoms with E-state index < -0.39 is 0 Å². The van der Waals surface area contributed by atoms with E-state index in [9.17, 15) is 9.59 Å². The zero-order chi connectivity index (χ0) is 23.0. The van der Waals surface area contributed by atoms with Gasteiger partial charge in [0.1, 0.15) is 18.9 Å². The number of hydrogen-bond acceptors (Lipinski definition) is 5. The molecule has 2 aromatic rings. The minimum Gasteiger partial charge on any atom is -0.491 e. The highest BCUT2D eigenvalue weighted by Crippen LogP contribution is 2.34. The highest BCUT2D eigenvalue weighted by atomic mass is 32.1. The second-order valence-corrected chi connectivity index (χ2v) is 9.52. The van der Waals surface area contributed by atoms with Gasteiger partial charge in [0.05, 0.1) is 12.1 Å². The molecular formula is C25H33N3O4S. The maximum absolute atomic E-state index is 13.5. The molecular weight excluding hydrogens is 438 g/mol. The van der Waals surface area contributed by atoms with Crippen molar-refractivity contribution in [2.24, 2.45) is 0 Å². The second-order valence-electron chi connectivity index (χ2n) is 8.52. The van der Waals surface area contributed by atoms with Gasteiger partial charge in [-0.25, -0.2) is 4.79 Å². The first-order chi connectivity index (χ1) is 16.2. The maximum atomic E-state index is 13.5. The number of rotatable bonds is 9. The molecule has 1 aromatic heterocycles. The minimum atomic E-state index is -0.203. The molecule has 178 valence electrons. The summed E-state index contributed by atoms with van der Waals surface area (Å²) in [6, 6.07) is 11.4. The van der Waals surface area contributed by atoms with Gasteiger partial charge in [-0.2, -0.15) is 0 Å². The van der Waals surface area contributed by atoms with Crippen LogP contribution in [0.1, 0.15) is 42.7 Å².